The Hall–Kier alpha value is -1.65. The fourth-order valence-corrected chi connectivity index (χ4v) is 3.12. The van der Waals surface area contributed by atoms with Crippen molar-refractivity contribution in [1.29, 1.82) is 0 Å². The van der Waals surface area contributed by atoms with Crippen LogP contribution in [0.3, 0.4) is 0 Å². The van der Waals surface area contributed by atoms with Gasteiger partial charge < -0.3 is 10.2 Å². The summed E-state index contributed by atoms with van der Waals surface area (Å²) < 4.78 is 0. The second kappa shape index (κ2) is 6.41. The van der Waals surface area contributed by atoms with Crippen LogP contribution in [0.4, 0.5) is 0 Å². The third kappa shape index (κ3) is 3.17. The Bertz CT molecular complexity index is 627. The van der Waals surface area contributed by atoms with E-state index in [2.05, 4.69) is 57.6 Å². The van der Waals surface area contributed by atoms with Gasteiger partial charge in [-0.15, -0.1) is 0 Å². The summed E-state index contributed by atoms with van der Waals surface area (Å²) in [4.78, 5) is 4.76. The van der Waals surface area contributed by atoms with Crippen LogP contribution < -0.4 is 5.32 Å². The SMILES string of the molecule is CNC(=S)N1CCN(Cc2cccc3ccccc23)CC1. The van der Waals surface area contributed by atoms with Crippen LogP contribution in [0, 0.1) is 0 Å². The number of benzene rings is 2. The Kier molecular flexibility index (Phi) is 4.36. The van der Waals surface area contributed by atoms with E-state index in [0.717, 1.165) is 37.8 Å². The van der Waals surface area contributed by atoms with E-state index in [0.29, 0.717) is 0 Å². The zero-order chi connectivity index (χ0) is 14.7. The van der Waals surface area contributed by atoms with Crippen molar-refractivity contribution >= 4 is 28.1 Å². The van der Waals surface area contributed by atoms with E-state index in [-0.39, 0.29) is 0 Å². The summed E-state index contributed by atoms with van der Waals surface area (Å²) in [6.07, 6.45) is 0. The van der Waals surface area contributed by atoms with E-state index < -0.39 is 0 Å². The Balaban J connectivity index is 1.69. The number of hydrogen-bond acceptors (Lipinski definition) is 2. The second-order valence-electron chi connectivity index (χ2n) is 5.46. The minimum absolute atomic E-state index is 0.861. The van der Waals surface area contributed by atoms with Crippen molar-refractivity contribution in [2.45, 2.75) is 6.54 Å². The number of thiocarbonyl (C=S) groups is 1. The molecule has 1 heterocycles. The minimum Gasteiger partial charge on any atom is -0.366 e. The molecule has 0 aliphatic carbocycles. The number of nitrogens with zero attached hydrogens (tertiary/aromatic N) is 2. The summed E-state index contributed by atoms with van der Waals surface area (Å²) in [5.41, 5.74) is 1.41. The van der Waals surface area contributed by atoms with Gasteiger partial charge in [-0.2, -0.15) is 0 Å². The fourth-order valence-electron chi connectivity index (χ4n) is 2.94. The van der Waals surface area contributed by atoms with Gasteiger partial charge in [0.05, 0.1) is 0 Å². The van der Waals surface area contributed by atoms with Crippen LogP contribution in [-0.4, -0.2) is 48.1 Å². The summed E-state index contributed by atoms with van der Waals surface area (Å²) in [6, 6.07) is 15.2. The van der Waals surface area contributed by atoms with Gasteiger partial charge in [0.25, 0.3) is 0 Å². The van der Waals surface area contributed by atoms with Gasteiger partial charge in [-0.3, -0.25) is 4.90 Å². The van der Waals surface area contributed by atoms with Gasteiger partial charge in [-0.1, -0.05) is 42.5 Å². The normalized spacial score (nSPS) is 16.1. The van der Waals surface area contributed by atoms with Crippen LogP contribution in [0.5, 0.6) is 0 Å². The summed E-state index contributed by atoms with van der Waals surface area (Å²) in [5.74, 6) is 0. The standard InChI is InChI=1S/C17H21N3S/c1-18-17(21)20-11-9-19(10-12-20)13-15-7-4-6-14-5-2-3-8-16(14)15/h2-8H,9-13H2,1H3,(H,18,21). The lowest BCUT2D eigenvalue weighted by molar-refractivity contribution is 0.175. The highest BCUT2D eigenvalue weighted by Gasteiger charge is 2.18. The molecule has 0 unspecified atom stereocenters. The lowest BCUT2D eigenvalue weighted by atomic mass is 10.0. The summed E-state index contributed by atoms with van der Waals surface area (Å²) >= 11 is 5.30. The molecule has 1 N–H and O–H groups in total. The lowest BCUT2D eigenvalue weighted by Gasteiger charge is -2.36. The Labute approximate surface area is 131 Å². The molecule has 0 bridgehead atoms. The maximum absolute atomic E-state index is 5.30. The van der Waals surface area contributed by atoms with E-state index in [9.17, 15) is 0 Å². The highest BCUT2D eigenvalue weighted by Crippen LogP contribution is 2.20. The topological polar surface area (TPSA) is 18.5 Å². The molecule has 2 aromatic rings. The summed E-state index contributed by atoms with van der Waals surface area (Å²) in [6.45, 7) is 5.15. The highest BCUT2D eigenvalue weighted by molar-refractivity contribution is 7.80. The fraction of sp³-hybridized carbons (Fsp3) is 0.353. The van der Waals surface area contributed by atoms with Crippen molar-refractivity contribution in [3.63, 3.8) is 0 Å². The number of hydrogen-bond donors (Lipinski definition) is 1. The molecule has 4 heteroatoms. The average Bonchev–Trinajstić information content (AvgIpc) is 2.55. The first-order chi connectivity index (χ1) is 10.3. The Morgan fingerprint density at radius 2 is 1.76 bits per heavy atom. The van der Waals surface area contributed by atoms with Gasteiger partial charge >= 0.3 is 0 Å². The van der Waals surface area contributed by atoms with Crippen molar-refractivity contribution in [2.24, 2.45) is 0 Å². The van der Waals surface area contributed by atoms with Crippen molar-refractivity contribution in [3.8, 4) is 0 Å². The molecule has 1 aliphatic heterocycles. The van der Waals surface area contributed by atoms with Crippen LogP contribution in [0.1, 0.15) is 5.56 Å². The second-order valence-corrected chi connectivity index (χ2v) is 5.84. The maximum Gasteiger partial charge on any atom is 0.168 e. The molecule has 0 spiro atoms. The predicted molar refractivity (Wildman–Crippen MR) is 92.5 cm³/mol. The van der Waals surface area contributed by atoms with E-state index in [1.807, 2.05) is 7.05 Å². The maximum atomic E-state index is 5.30. The van der Waals surface area contributed by atoms with Gasteiger partial charge in [0.1, 0.15) is 0 Å². The predicted octanol–water partition coefficient (Wildman–Crippen LogP) is 2.46. The number of fused-ring (bicyclic) bond motifs is 1. The van der Waals surface area contributed by atoms with Crippen LogP contribution in [0.25, 0.3) is 10.8 Å². The number of nitrogens with one attached hydrogen (secondary N) is 1. The van der Waals surface area contributed by atoms with Crippen molar-refractivity contribution in [3.05, 3.63) is 48.0 Å². The molecule has 110 valence electrons. The van der Waals surface area contributed by atoms with E-state index >= 15 is 0 Å². The average molecular weight is 299 g/mol. The Morgan fingerprint density at radius 3 is 2.52 bits per heavy atom. The van der Waals surface area contributed by atoms with Gasteiger partial charge in [0.2, 0.25) is 0 Å². The third-order valence-electron chi connectivity index (χ3n) is 4.15. The quantitative estimate of drug-likeness (QED) is 0.858. The van der Waals surface area contributed by atoms with Crippen LogP contribution in [0.2, 0.25) is 0 Å². The monoisotopic (exact) mass is 299 g/mol. The first-order valence-electron chi connectivity index (χ1n) is 7.43. The molecule has 1 saturated heterocycles. The van der Waals surface area contributed by atoms with E-state index in [1.165, 1.54) is 16.3 Å². The van der Waals surface area contributed by atoms with Crippen LogP contribution in [-0.2, 0) is 6.54 Å². The van der Waals surface area contributed by atoms with Crippen molar-refractivity contribution in [2.75, 3.05) is 33.2 Å². The van der Waals surface area contributed by atoms with E-state index in [4.69, 9.17) is 12.2 Å². The molecule has 0 aromatic heterocycles. The largest absolute Gasteiger partial charge is 0.366 e. The molecule has 0 saturated carbocycles. The molecule has 3 rings (SSSR count). The first kappa shape index (κ1) is 14.3. The molecule has 0 radical (unpaired) electrons. The first-order valence-corrected chi connectivity index (χ1v) is 7.84. The number of rotatable bonds is 2. The van der Waals surface area contributed by atoms with Crippen molar-refractivity contribution < 1.29 is 0 Å². The third-order valence-corrected chi connectivity index (χ3v) is 4.61. The molecule has 1 fully saturated rings. The zero-order valence-electron chi connectivity index (χ0n) is 12.4. The molecular formula is C17H21N3S. The van der Waals surface area contributed by atoms with Gasteiger partial charge in [0, 0.05) is 39.8 Å². The van der Waals surface area contributed by atoms with E-state index in [1.54, 1.807) is 0 Å². The minimum atomic E-state index is 0.861. The highest BCUT2D eigenvalue weighted by atomic mass is 32.1. The molecule has 21 heavy (non-hydrogen) atoms. The van der Waals surface area contributed by atoms with Gasteiger partial charge in [-0.25, -0.2) is 0 Å². The van der Waals surface area contributed by atoms with Crippen molar-refractivity contribution in [1.82, 2.24) is 15.1 Å². The zero-order valence-corrected chi connectivity index (χ0v) is 13.2. The summed E-state index contributed by atoms with van der Waals surface area (Å²) in [5, 5.41) is 6.62. The van der Waals surface area contributed by atoms with Gasteiger partial charge in [-0.05, 0) is 28.6 Å². The number of piperazine rings is 1. The molecule has 0 atom stereocenters. The molecular weight excluding hydrogens is 278 g/mol. The molecule has 1 aliphatic rings. The molecule has 2 aromatic carbocycles. The lowest BCUT2D eigenvalue weighted by Crippen LogP contribution is -2.50. The van der Waals surface area contributed by atoms with Crippen LogP contribution >= 0.6 is 12.2 Å². The van der Waals surface area contributed by atoms with Gasteiger partial charge in [0.15, 0.2) is 5.11 Å². The smallest absolute Gasteiger partial charge is 0.168 e. The summed E-state index contributed by atoms with van der Waals surface area (Å²) in [7, 11) is 1.89. The Morgan fingerprint density at radius 1 is 1.05 bits per heavy atom. The van der Waals surface area contributed by atoms with Crippen LogP contribution in [0.15, 0.2) is 42.5 Å². The molecule has 0 amide bonds. The molecule has 3 nitrogen and oxygen atoms in total.